The molecule has 0 heterocycles. The average Bonchev–Trinajstić information content (AvgIpc) is 2.86. The lowest BCUT2D eigenvalue weighted by Crippen LogP contribution is -2.48. The van der Waals surface area contributed by atoms with Crippen molar-refractivity contribution in [1.82, 2.24) is 0 Å². The normalized spacial score (nSPS) is 19.3. The molecule has 0 saturated heterocycles. The summed E-state index contributed by atoms with van der Waals surface area (Å²) < 4.78 is 307. The zero-order chi connectivity index (χ0) is 40.6. The van der Waals surface area contributed by atoms with Gasteiger partial charge in [0.1, 0.15) is 0 Å². The van der Waals surface area contributed by atoms with E-state index in [2.05, 4.69) is 28.4 Å². The summed E-state index contributed by atoms with van der Waals surface area (Å²) >= 11 is 0. The maximum Gasteiger partial charge on any atom is 0.419 e. The Morgan fingerprint density at radius 1 is 0.314 bits per heavy atom. The topological polar surface area (TPSA) is 95.8 Å². The van der Waals surface area contributed by atoms with Crippen molar-refractivity contribution >= 4 is 0 Å². The molecule has 0 amide bonds. The quantitative estimate of drug-likeness (QED) is 0.156. The van der Waals surface area contributed by atoms with Gasteiger partial charge in [0.05, 0.1) is 39.6 Å². The van der Waals surface area contributed by atoms with E-state index in [0.717, 1.165) is 0 Å². The molecule has 0 bridgehead atoms. The van der Waals surface area contributed by atoms with Crippen LogP contribution in [-0.2, 0) is 28.4 Å². The molecular formula is C21H22F22O8. The van der Waals surface area contributed by atoms with Crippen molar-refractivity contribution in [3.8, 4) is 0 Å². The van der Waals surface area contributed by atoms with Crippen molar-refractivity contribution in [1.29, 1.82) is 0 Å². The third-order valence-corrected chi connectivity index (χ3v) is 5.45. The molecule has 308 valence electrons. The van der Waals surface area contributed by atoms with Crippen LogP contribution in [0.3, 0.4) is 0 Å². The number of aliphatic hydroxyl groups excluding tert-OH is 2. The highest BCUT2D eigenvalue weighted by molar-refractivity contribution is 4.79. The molecule has 0 aromatic heterocycles. The van der Waals surface area contributed by atoms with Gasteiger partial charge in [0, 0.05) is 0 Å². The van der Waals surface area contributed by atoms with Gasteiger partial charge in [-0.3, -0.25) is 0 Å². The second-order valence-electron chi connectivity index (χ2n) is 9.54. The number of hydrogen-bond donors (Lipinski definition) is 2. The van der Waals surface area contributed by atoms with Gasteiger partial charge in [0.2, 0.25) is 12.5 Å². The van der Waals surface area contributed by atoms with Crippen molar-refractivity contribution in [2.45, 2.75) is 92.3 Å². The van der Waals surface area contributed by atoms with Gasteiger partial charge in [-0.1, -0.05) is 0 Å². The molecule has 0 aromatic rings. The smallest absolute Gasteiger partial charge is 0.382 e. The monoisotopic (exact) mass is 820 g/mol. The van der Waals surface area contributed by atoms with Crippen molar-refractivity contribution < 1.29 is 135 Å². The number of halogens is 22. The Hall–Kier alpha value is -1.86. The molecule has 30 heteroatoms. The minimum Gasteiger partial charge on any atom is -0.382 e. The van der Waals surface area contributed by atoms with Crippen LogP contribution in [0.2, 0.25) is 0 Å². The molecule has 0 fully saturated rings. The summed E-state index contributed by atoms with van der Waals surface area (Å²) in [5.74, 6) is 0. The lowest BCUT2D eigenvalue weighted by Gasteiger charge is -2.30. The van der Waals surface area contributed by atoms with E-state index in [1.807, 2.05) is 0 Å². The lowest BCUT2D eigenvalue weighted by atomic mass is 10.3. The maximum atomic E-state index is 13.3. The Labute approximate surface area is 268 Å². The third kappa shape index (κ3) is 18.6. The van der Waals surface area contributed by atoms with Crippen LogP contribution in [0.15, 0.2) is 0 Å². The second kappa shape index (κ2) is 18.5. The summed E-state index contributed by atoms with van der Waals surface area (Å²) in [5, 5.41) is 17.1. The first-order chi connectivity index (χ1) is 22.5. The molecule has 0 aromatic carbocycles. The number of hydrogen-bond acceptors (Lipinski definition) is 8. The SMILES string of the molecule is OC(F)C(OCC(OCC(OCC(OCC(OCC(OCC(O)C(F)(F)F)C(F)(F)F)C(F)(F)F)C(F)(F)F)C(F)(F)F)C(F)(F)F)C(F)(F)F. The van der Waals surface area contributed by atoms with Gasteiger partial charge in [0.15, 0.2) is 36.6 Å². The van der Waals surface area contributed by atoms with Crippen molar-refractivity contribution in [3.63, 3.8) is 0 Å². The predicted octanol–water partition coefficient (Wildman–Crippen LogP) is 5.88. The highest BCUT2D eigenvalue weighted by Crippen LogP contribution is 2.33. The van der Waals surface area contributed by atoms with Gasteiger partial charge in [0.25, 0.3) is 0 Å². The Kier molecular flexibility index (Phi) is 17.8. The summed E-state index contributed by atoms with van der Waals surface area (Å²) in [7, 11) is 0. The molecule has 0 aliphatic carbocycles. The lowest BCUT2D eigenvalue weighted by molar-refractivity contribution is -0.307. The third-order valence-electron chi connectivity index (χ3n) is 5.45. The van der Waals surface area contributed by atoms with Crippen LogP contribution in [0.25, 0.3) is 0 Å². The molecule has 0 rings (SSSR count). The summed E-state index contributed by atoms with van der Waals surface area (Å²) in [6.45, 7) is -14.8. The molecule has 8 atom stereocenters. The summed E-state index contributed by atoms with van der Waals surface area (Å²) in [6, 6.07) is 0. The zero-order valence-corrected chi connectivity index (χ0v) is 24.0. The molecule has 0 aliphatic rings. The Morgan fingerprint density at radius 2 is 0.529 bits per heavy atom. The van der Waals surface area contributed by atoms with Gasteiger partial charge in [-0.2, -0.15) is 92.2 Å². The van der Waals surface area contributed by atoms with E-state index in [9.17, 15) is 96.6 Å². The maximum absolute atomic E-state index is 13.3. The molecule has 0 aliphatic heterocycles. The van der Waals surface area contributed by atoms with Crippen LogP contribution in [0, 0.1) is 0 Å². The first kappa shape index (κ1) is 49.1. The van der Waals surface area contributed by atoms with Gasteiger partial charge < -0.3 is 38.6 Å². The van der Waals surface area contributed by atoms with E-state index in [1.165, 1.54) is 0 Å². The summed E-state index contributed by atoms with van der Waals surface area (Å²) in [5.41, 5.74) is 0. The minimum atomic E-state index is -6.03. The fourth-order valence-electron chi connectivity index (χ4n) is 2.82. The molecule has 8 unspecified atom stereocenters. The molecule has 8 nitrogen and oxygen atoms in total. The van der Waals surface area contributed by atoms with Gasteiger partial charge in [-0.25, -0.2) is 4.39 Å². The first-order valence-corrected chi connectivity index (χ1v) is 12.7. The van der Waals surface area contributed by atoms with E-state index in [-0.39, 0.29) is 0 Å². The fraction of sp³-hybridized carbons (Fsp3) is 1.00. The number of aliphatic hydroxyl groups is 2. The van der Waals surface area contributed by atoms with Crippen LogP contribution in [0.4, 0.5) is 96.6 Å². The molecule has 0 radical (unpaired) electrons. The van der Waals surface area contributed by atoms with Gasteiger partial charge in [-0.05, 0) is 0 Å². The summed E-state index contributed by atoms with van der Waals surface area (Å²) in [4.78, 5) is 0. The average molecular weight is 820 g/mol. The minimum absolute atomic E-state index is 2.23. The predicted molar refractivity (Wildman–Crippen MR) is 114 cm³/mol. The van der Waals surface area contributed by atoms with E-state index in [1.54, 1.807) is 0 Å². The summed E-state index contributed by atoms with van der Waals surface area (Å²) in [6.07, 6.45) is -72.1. The van der Waals surface area contributed by atoms with Crippen molar-refractivity contribution in [2.24, 2.45) is 0 Å². The number of alkyl halides is 22. The zero-order valence-electron chi connectivity index (χ0n) is 24.0. The van der Waals surface area contributed by atoms with Crippen LogP contribution in [0.5, 0.6) is 0 Å². The van der Waals surface area contributed by atoms with Gasteiger partial charge in [-0.15, -0.1) is 0 Å². The Morgan fingerprint density at radius 3 is 0.706 bits per heavy atom. The number of rotatable bonds is 19. The van der Waals surface area contributed by atoms with Crippen LogP contribution < -0.4 is 0 Å². The number of ether oxygens (including phenoxy) is 6. The molecule has 0 spiro atoms. The molecule has 0 saturated carbocycles. The van der Waals surface area contributed by atoms with Crippen LogP contribution in [-0.4, -0.2) is 142 Å². The molecule has 51 heavy (non-hydrogen) atoms. The van der Waals surface area contributed by atoms with Crippen LogP contribution >= 0.6 is 0 Å². The van der Waals surface area contributed by atoms with Crippen molar-refractivity contribution in [3.05, 3.63) is 0 Å². The highest BCUT2D eigenvalue weighted by atomic mass is 19.4. The highest BCUT2D eigenvalue weighted by Gasteiger charge is 2.52. The fourth-order valence-corrected chi connectivity index (χ4v) is 2.82. The van der Waals surface area contributed by atoms with E-state index in [4.69, 9.17) is 10.2 Å². The van der Waals surface area contributed by atoms with Crippen LogP contribution in [0.1, 0.15) is 0 Å². The Balaban J connectivity index is 5.81. The molecular weight excluding hydrogens is 798 g/mol. The second-order valence-corrected chi connectivity index (χ2v) is 9.54. The largest absolute Gasteiger partial charge is 0.419 e. The van der Waals surface area contributed by atoms with E-state index >= 15 is 0 Å². The standard InChI is InChI=1S/C21H22F22O8/c22-14(45)13(21(41,42)43)51-6-12(20(38,39)40)50-5-11(19(35,36)37)49-4-10(18(32,33)34)48-3-9(17(29,30)31)47-2-8(16(26,27)28)46-1-7(44)15(23,24)25/h7-14,44-45H,1-6H2. The van der Waals surface area contributed by atoms with E-state index in [0.29, 0.717) is 0 Å². The molecule has 2 N–H and O–H groups in total. The van der Waals surface area contributed by atoms with Gasteiger partial charge >= 0.3 is 43.2 Å². The Bertz CT molecular complexity index is 987. The van der Waals surface area contributed by atoms with Crippen molar-refractivity contribution in [2.75, 3.05) is 39.6 Å². The first-order valence-electron chi connectivity index (χ1n) is 12.7. The van der Waals surface area contributed by atoms with E-state index < -0.39 is 132 Å².